The predicted molar refractivity (Wildman–Crippen MR) is 112 cm³/mol. The number of aryl methyl sites for hydroxylation is 2. The Balaban J connectivity index is 1.65. The third kappa shape index (κ3) is 3.73. The fraction of sp³-hybridized carbons (Fsp3) is 0.250. The van der Waals surface area contributed by atoms with E-state index in [1.807, 2.05) is 32.0 Å². The molecule has 4 rings (SSSR count). The van der Waals surface area contributed by atoms with Gasteiger partial charge >= 0.3 is 5.97 Å². The minimum Gasteiger partial charge on any atom is -0.456 e. The van der Waals surface area contributed by atoms with E-state index < -0.39 is 17.4 Å². The van der Waals surface area contributed by atoms with Gasteiger partial charge in [-0.2, -0.15) is 0 Å². The van der Waals surface area contributed by atoms with Crippen LogP contribution in [0.15, 0.2) is 51.4 Å². The molecule has 6 heteroatoms. The summed E-state index contributed by atoms with van der Waals surface area (Å²) >= 11 is 0. The minimum absolute atomic E-state index is 0.128. The summed E-state index contributed by atoms with van der Waals surface area (Å²) in [6, 6.07) is 11.9. The van der Waals surface area contributed by atoms with Crippen LogP contribution in [0.4, 0.5) is 4.39 Å². The molecule has 154 valence electrons. The Morgan fingerprint density at radius 1 is 1.00 bits per heavy atom. The number of benzene rings is 2. The van der Waals surface area contributed by atoms with Crippen molar-refractivity contribution in [3.05, 3.63) is 65.0 Å². The number of halogens is 1. The maximum absolute atomic E-state index is 14.5. The molecule has 0 aliphatic heterocycles. The highest BCUT2D eigenvalue weighted by Gasteiger charge is 2.22. The van der Waals surface area contributed by atoms with Gasteiger partial charge in [0.1, 0.15) is 22.7 Å². The van der Waals surface area contributed by atoms with Crippen LogP contribution in [0.5, 0.6) is 0 Å². The molecule has 2 aromatic heterocycles. The van der Waals surface area contributed by atoms with E-state index in [4.69, 9.17) is 13.7 Å². The Labute approximate surface area is 173 Å². The van der Waals surface area contributed by atoms with E-state index in [1.165, 1.54) is 12.1 Å². The smallest absolute Gasteiger partial charge is 0.341 e. The third-order valence-corrected chi connectivity index (χ3v) is 4.73. The molecule has 0 saturated heterocycles. The molecular weight excluding hydrogens is 385 g/mol. The van der Waals surface area contributed by atoms with Crippen molar-refractivity contribution in [2.75, 3.05) is 0 Å². The summed E-state index contributed by atoms with van der Waals surface area (Å²) in [5.74, 6) is -0.454. The Morgan fingerprint density at radius 2 is 1.73 bits per heavy atom. The highest BCUT2D eigenvalue weighted by Crippen LogP contribution is 2.33. The molecule has 0 unspecified atom stereocenters. The SMILES string of the molecule is Cc1ccc(C)c2oc(-c3cc(-c4ccc(C(=O)OC(C)(C)C)c(F)c4)on3)cc12. The number of hydrogen-bond acceptors (Lipinski definition) is 5. The second-order valence-electron chi connectivity index (χ2n) is 8.33. The van der Waals surface area contributed by atoms with E-state index in [2.05, 4.69) is 5.16 Å². The summed E-state index contributed by atoms with van der Waals surface area (Å²) < 4.78 is 31.2. The summed E-state index contributed by atoms with van der Waals surface area (Å²) in [6.45, 7) is 9.19. The van der Waals surface area contributed by atoms with Crippen LogP contribution in [0.2, 0.25) is 0 Å². The van der Waals surface area contributed by atoms with Gasteiger partial charge in [0.15, 0.2) is 11.5 Å². The Morgan fingerprint density at radius 3 is 2.40 bits per heavy atom. The van der Waals surface area contributed by atoms with Crippen molar-refractivity contribution in [3.8, 4) is 22.8 Å². The molecule has 2 aromatic carbocycles. The van der Waals surface area contributed by atoms with Crippen molar-refractivity contribution >= 4 is 16.9 Å². The second-order valence-corrected chi connectivity index (χ2v) is 8.33. The molecule has 0 radical (unpaired) electrons. The van der Waals surface area contributed by atoms with Crippen molar-refractivity contribution in [2.24, 2.45) is 0 Å². The van der Waals surface area contributed by atoms with Crippen LogP contribution < -0.4 is 0 Å². The van der Waals surface area contributed by atoms with Crippen molar-refractivity contribution in [3.63, 3.8) is 0 Å². The quantitative estimate of drug-likeness (QED) is 0.364. The first-order valence-electron chi connectivity index (χ1n) is 9.62. The van der Waals surface area contributed by atoms with Crippen molar-refractivity contribution in [1.82, 2.24) is 5.16 Å². The van der Waals surface area contributed by atoms with E-state index in [9.17, 15) is 9.18 Å². The molecule has 0 saturated carbocycles. The molecule has 0 N–H and O–H groups in total. The zero-order chi connectivity index (χ0) is 21.6. The lowest BCUT2D eigenvalue weighted by Crippen LogP contribution is -2.24. The van der Waals surface area contributed by atoms with Gasteiger partial charge in [-0.15, -0.1) is 0 Å². The molecule has 30 heavy (non-hydrogen) atoms. The fourth-order valence-corrected chi connectivity index (χ4v) is 3.21. The van der Waals surface area contributed by atoms with Crippen LogP contribution in [0, 0.1) is 19.7 Å². The number of carbonyl (C=O) groups excluding carboxylic acids is 1. The van der Waals surface area contributed by atoms with Gasteiger partial charge in [-0.25, -0.2) is 9.18 Å². The summed E-state index contributed by atoms with van der Waals surface area (Å²) in [7, 11) is 0. The Bertz CT molecular complexity index is 1220. The first-order valence-corrected chi connectivity index (χ1v) is 9.62. The van der Waals surface area contributed by atoms with Crippen LogP contribution in [-0.2, 0) is 4.74 Å². The monoisotopic (exact) mass is 407 g/mol. The topological polar surface area (TPSA) is 65.5 Å². The molecule has 5 nitrogen and oxygen atoms in total. The number of hydrogen-bond donors (Lipinski definition) is 0. The molecule has 0 bridgehead atoms. The van der Waals surface area contributed by atoms with Gasteiger partial charge in [0.05, 0.1) is 5.56 Å². The first kappa shape index (κ1) is 19.9. The molecule has 0 amide bonds. The molecule has 0 aliphatic carbocycles. The van der Waals surface area contributed by atoms with Gasteiger partial charge in [-0.05, 0) is 63.9 Å². The summed E-state index contributed by atoms with van der Waals surface area (Å²) in [5, 5.41) is 5.09. The standard InChI is InChI=1S/C24H22FNO4/c1-13-6-7-14(2)22-17(13)11-21(28-22)19-12-20(30-26-19)15-8-9-16(18(25)10-15)23(27)29-24(3,4)5/h6-12H,1-5H3. The fourth-order valence-electron chi connectivity index (χ4n) is 3.21. The molecular formula is C24H22FNO4. The molecule has 0 aliphatic rings. The van der Waals surface area contributed by atoms with E-state index in [1.54, 1.807) is 32.9 Å². The minimum atomic E-state index is -0.710. The largest absolute Gasteiger partial charge is 0.456 e. The molecule has 2 heterocycles. The van der Waals surface area contributed by atoms with Gasteiger partial charge in [0.25, 0.3) is 0 Å². The summed E-state index contributed by atoms with van der Waals surface area (Å²) in [4.78, 5) is 12.1. The molecule has 0 spiro atoms. The second kappa shape index (κ2) is 7.13. The predicted octanol–water partition coefficient (Wildman–Crippen LogP) is 6.47. The molecule has 0 atom stereocenters. The Hall–Kier alpha value is -3.41. The average molecular weight is 407 g/mol. The Kier molecular flexibility index (Phi) is 4.73. The molecule has 4 aromatic rings. The van der Waals surface area contributed by atoms with Crippen molar-refractivity contribution < 1.29 is 22.9 Å². The number of esters is 1. The maximum atomic E-state index is 14.5. The van der Waals surface area contributed by atoms with Crippen LogP contribution in [-0.4, -0.2) is 16.7 Å². The van der Waals surface area contributed by atoms with E-state index in [-0.39, 0.29) is 5.56 Å². The first-order chi connectivity index (χ1) is 14.1. The van der Waals surface area contributed by atoms with Crippen molar-refractivity contribution in [2.45, 2.75) is 40.2 Å². The zero-order valence-electron chi connectivity index (χ0n) is 17.5. The maximum Gasteiger partial charge on any atom is 0.341 e. The van der Waals surface area contributed by atoms with E-state index in [0.717, 1.165) is 22.1 Å². The number of ether oxygens (including phenoxy) is 1. The number of fused-ring (bicyclic) bond motifs is 1. The number of furan rings is 1. The van der Waals surface area contributed by atoms with E-state index in [0.29, 0.717) is 22.8 Å². The number of aromatic nitrogens is 1. The zero-order valence-corrected chi connectivity index (χ0v) is 17.5. The lowest BCUT2D eigenvalue weighted by molar-refractivity contribution is 0.00647. The summed E-state index contributed by atoms with van der Waals surface area (Å²) in [6.07, 6.45) is 0. The van der Waals surface area contributed by atoms with Crippen molar-refractivity contribution in [1.29, 1.82) is 0 Å². The van der Waals surface area contributed by atoms with Crippen LogP contribution >= 0.6 is 0 Å². The van der Waals surface area contributed by atoms with E-state index >= 15 is 0 Å². The molecule has 0 fully saturated rings. The van der Waals surface area contributed by atoms with Crippen LogP contribution in [0.25, 0.3) is 33.7 Å². The van der Waals surface area contributed by atoms with Gasteiger partial charge in [0, 0.05) is 17.0 Å². The highest BCUT2D eigenvalue weighted by molar-refractivity contribution is 5.91. The average Bonchev–Trinajstić information content (AvgIpc) is 3.31. The highest BCUT2D eigenvalue weighted by atomic mass is 19.1. The van der Waals surface area contributed by atoms with Gasteiger partial charge in [-0.3, -0.25) is 0 Å². The summed E-state index contributed by atoms with van der Waals surface area (Å²) in [5.41, 5.74) is 3.09. The number of rotatable bonds is 3. The van der Waals surface area contributed by atoms with Gasteiger partial charge in [0.2, 0.25) is 0 Å². The third-order valence-electron chi connectivity index (χ3n) is 4.73. The van der Waals surface area contributed by atoms with Gasteiger partial charge < -0.3 is 13.7 Å². The number of nitrogens with zero attached hydrogens (tertiary/aromatic N) is 1. The van der Waals surface area contributed by atoms with Crippen LogP contribution in [0.1, 0.15) is 42.3 Å². The van der Waals surface area contributed by atoms with Gasteiger partial charge in [-0.1, -0.05) is 23.4 Å². The lowest BCUT2D eigenvalue weighted by Gasteiger charge is -2.19. The van der Waals surface area contributed by atoms with Crippen LogP contribution in [0.3, 0.4) is 0 Å². The lowest BCUT2D eigenvalue weighted by atomic mass is 10.1. The normalized spacial score (nSPS) is 11.8. The number of carbonyl (C=O) groups is 1.